The lowest BCUT2D eigenvalue weighted by molar-refractivity contribution is -0.114. The molecule has 0 fully saturated rings. The van der Waals surface area contributed by atoms with Gasteiger partial charge in [0.05, 0.1) is 4.70 Å². The van der Waals surface area contributed by atoms with E-state index in [1.165, 1.54) is 18.5 Å². The van der Waals surface area contributed by atoms with Gasteiger partial charge >= 0.3 is 0 Å². The Morgan fingerprint density at radius 3 is 3.07 bits per heavy atom. The molecule has 5 heteroatoms. The minimum absolute atomic E-state index is 0.128. The van der Waals surface area contributed by atoms with Crippen LogP contribution >= 0.6 is 23.1 Å². The number of nitrogens with one attached hydrogen (secondary N) is 1. The molecule has 1 amide bonds. The Labute approximate surface area is 89.9 Å². The van der Waals surface area contributed by atoms with Crippen LogP contribution in [-0.2, 0) is 4.79 Å². The smallest absolute Gasteiger partial charge is 0.222 e. The maximum Gasteiger partial charge on any atom is 0.222 e. The fourth-order valence-corrected chi connectivity index (χ4v) is 2.06. The Bertz CT molecular complexity index is 495. The lowest BCUT2D eigenvalue weighted by atomic mass is 10.2. The maximum atomic E-state index is 10.9. The Kier molecular flexibility index (Phi) is 2.39. The monoisotopic (exact) mass is 226 g/mol. The van der Waals surface area contributed by atoms with E-state index in [1.807, 2.05) is 6.07 Å². The van der Waals surface area contributed by atoms with E-state index >= 15 is 0 Å². The molecule has 0 aliphatic rings. The summed E-state index contributed by atoms with van der Waals surface area (Å²) in [5, 5.41) is 4.19. The van der Waals surface area contributed by atoms with Crippen LogP contribution in [-0.4, -0.2) is 10.3 Å². The number of aromatic nitrogens is 1. The first-order valence-electron chi connectivity index (χ1n) is 3.99. The van der Waals surface area contributed by atoms with E-state index in [2.05, 4.69) is 9.69 Å². The van der Waals surface area contributed by atoms with Crippen molar-refractivity contribution < 1.29 is 4.79 Å². The van der Waals surface area contributed by atoms with E-state index in [9.17, 15) is 4.79 Å². The van der Waals surface area contributed by atoms with Gasteiger partial charge in [-0.15, -0.1) is 0 Å². The summed E-state index contributed by atoms with van der Waals surface area (Å²) in [6, 6.07) is 5.49. The second kappa shape index (κ2) is 3.55. The van der Waals surface area contributed by atoms with Crippen LogP contribution in [0.15, 0.2) is 18.2 Å². The van der Waals surface area contributed by atoms with Crippen molar-refractivity contribution in [1.29, 1.82) is 0 Å². The lowest BCUT2D eigenvalue weighted by Crippen LogP contribution is -2.05. The molecule has 0 aliphatic carbocycles. The molecule has 1 aromatic heterocycles. The third kappa shape index (κ3) is 1.71. The number of fused-ring (bicyclic) bond motifs is 1. The number of benzene rings is 1. The van der Waals surface area contributed by atoms with Crippen molar-refractivity contribution >= 4 is 44.9 Å². The molecule has 72 valence electrons. The molecule has 3 nitrogen and oxygen atoms in total. The van der Waals surface area contributed by atoms with Gasteiger partial charge in [-0.2, -0.15) is 4.37 Å². The minimum Gasteiger partial charge on any atom is -0.310 e. The Balaban J connectivity index is 2.55. The van der Waals surface area contributed by atoms with Gasteiger partial charge < -0.3 is 5.32 Å². The Morgan fingerprint density at radius 1 is 1.57 bits per heavy atom. The van der Waals surface area contributed by atoms with E-state index in [1.54, 1.807) is 12.1 Å². The molecule has 0 saturated heterocycles. The average Bonchev–Trinajstić information content (AvgIpc) is 2.47. The summed E-state index contributed by atoms with van der Waals surface area (Å²) in [4.78, 5) is 10.9. The van der Waals surface area contributed by atoms with Crippen LogP contribution < -0.4 is 5.32 Å². The molecule has 2 rings (SSSR count). The second-order valence-corrected chi connectivity index (χ2v) is 4.09. The first-order valence-corrected chi connectivity index (χ1v) is 5.14. The fourth-order valence-electron chi connectivity index (χ4n) is 1.17. The normalized spacial score (nSPS) is 10.4. The number of halogens is 1. The molecule has 0 spiro atoms. The summed E-state index contributed by atoms with van der Waals surface area (Å²) in [6.07, 6.45) is 0. The van der Waals surface area contributed by atoms with Gasteiger partial charge in [0.15, 0.2) is 5.82 Å². The molecule has 0 atom stereocenters. The van der Waals surface area contributed by atoms with Crippen molar-refractivity contribution in [3.05, 3.63) is 23.2 Å². The number of hydrogen-bond acceptors (Lipinski definition) is 3. The van der Waals surface area contributed by atoms with Gasteiger partial charge in [0, 0.05) is 17.3 Å². The quantitative estimate of drug-likeness (QED) is 0.813. The molecular formula is C9H7ClN2OS. The highest BCUT2D eigenvalue weighted by Gasteiger charge is 2.07. The molecular weight excluding hydrogens is 220 g/mol. The topological polar surface area (TPSA) is 42.0 Å². The van der Waals surface area contributed by atoms with Crippen LogP contribution in [0.5, 0.6) is 0 Å². The predicted octanol–water partition coefficient (Wildman–Crippen LogP) is 2.91. The molecule has 0 saturated carbocycles. The van der Waals surface area contributed by atoms with E-state index in [0.717, 1.165) is 10.1 Å². The van der Waals surface area contributed by atoms with Crippen LogP contribution in [0.25, 0.3) is 10.1 Å². The Morgan fingerprint density at radius 2 is 2.36 bits per heavy atom. The molecule has 1 heterocycles. The highest BCUT2D eigenvalue weighted by atomic mass is 35.5. The molecule has 1 aromatic carbocycles. The zero-order valence-electron chi connectivity index (χ0n) is 7.37. The van der Waals surface area contributed by atoms with Gasteiger partial charge in [-0.3, -0.25) is 4.79 Å². The van der Waals surface area contributed by atoms with Crippen LogP contribution in [0, 0.1) is 0 Å². The number of anilines is 1. The molecule has 0 bridgehead atoms. The van der Waals surface area contributed by atoms with Crippen molar-refractivity contribution in [2.45, 2.75) is 6.92 Å². The molecule has 14 heavy (non-hydrogen) atoms. The number of carbonyl (C=O) groups is 1. The zero-order chi connectivity index (χ0) is 10.1. The van der Waals surface area contributed by atoms with Gasteiger partial charge in [0.25, 0.3) is 0 Å². The highest BCUT2D eigenvalue weighted by Crippen LogP contribution is 2.29. The van der Waals surface area contributed by atoms with Crippen LogP contribution in [0.2, 0.25) is 5.02 Å². The summed E-state index contributed by atoms with van der Waals surface area (Å²) in [5.41, 5.74) is 0. The number of nitrogens with zero attached hydrogens (tertiary/aromatic N) is 1. The van der Waals surface area contributed by atoms with E-state index in [4.69, 9.17) is 11.6 Å². The number of rotatable bonds is 1. The van der Waals surface area contributed by atoms with Crippen molar-refractivity contribution in [3.8, 4) is 0 Å². The minimum atomic E-state index is -0.128. The fraction of sp³-hybridized carbons (Fsp3) is 0.111. The van der Waals surface area contributed by atoms with Crippen LogP contribution in [0.4, 0.5) is 5.82 Å². The van der Waals surface area contributed by atoms with Crippen molar-refractivity contribution in [2.75, 3.05) is 5.32 Å². The summed E-state index contributed by atoms with van der Waals surface area (Å²) >= 11 is 7.19. The van der Waals surface area contributed by atoms with E-state index in [0.29, 0.717) is 10.8 Å². The molecule has 1 N–H and O–H groups in total. The van der Waals surface area contributed by atoms with E-state index in [-0.39, 0.29) is 5.91 Å². The summed E-state index contributed by atoms with van der Waals surface area (Å²) in [5.74, 6) is 0.456. The number of carbonyl (C=O) groups excluding carboxylic acids is 1. The Hall–Kier alpha value is -1.13. The standard InChI is InChI=1S/C9H7ClN2OS/c1-5(13)11-9-7-4-6(10)2-3-8(7)14-12-9/h2-4H,1H3,(H,11,12,13). The summed E-state index contributed by atoms with van der Waals surface area (Å²) < 4.78 is 5.14. The lowest BCUT2D eigenvalue weighted by Gasteiger charge is -1.97. The number of hydrogen-bond donors (Lipinski definition) is 1. The zero-order valence-corrected chi connectivity index (χ0v) is 8.95. The molecule has 0 aliphatic heterocycles. The number of amides is 1. The van der Waals surface area contributed by atoms with Gasteiger partial charge in [-0.1, -0.05) is 11.6 Å². The summed E-state index contributed by atoms with van der Waals surface area (Å²) in [7, 11) is 0. The maximum absolute atomic E-state index is 10.9. The van der Waals surface area contributed by atoms with Crippen LogP contribution in [0.3, 0.4) is 0 Å². The molecule has 0 radical (unpaired) electrons. The first kappa shape index (κ1) is 9.43. The van der Waals surface area contributed by atoms with Crippen LogP contribution in [0.1, 0.15) is 6.92 Å². The third-order valence-corrected chi connectivity index (χ3v) is 2.79. The third-order valence-electron chi connectivity index (χ3n) is 1.73. The van der Waals surface area contributed by atoms with Gasteiger partial charge in [0.1, 0.15) is 0 Å². The SMILES string of the molecule is CC(=O)Nc1nsc2ccc(Cl)cc12. The second-order valence-electron chi connectivity index (χ2n) is 2.85. The molecule has 2 aromatic rings. The van der Waals surface area contributed by atoms with Gasteiger partial charge in [0.2, 0.25) is 5.91 Å². The largest absolute Gasteiger partial charge is 0.310 e. The highest BCUT2D eigenvalue weighted by molar-refractivity contribution is 7.13. The average molecular weight is 227 g/mol. The van der Waals surface area contributed by atoms with Gasteiger partial charge in [-0.25, -0.2) is 0 Å². The van der Waals surface area contributed by atoms with Crippen molar-refractivity contribution in [3.63, 3.8) is 0 Å². The first-order chi connectivity index (χ1) is 6.66. The molecule has 0 unspecified atom stereocenters. The predicted molar refractivity (Wildman–Crippen MR) is 58.9 cm³/mol. The van der Waals surface area contributed by atoms with E-state index < -0.39 is 0 Å². The summed E-state index contributed by atoms with van der Waals surface area (Å²) in [6.45, 7) is 1.45. The van der Waals surface area contributed by atoms with Crippen molar-refractivity contribution in [1.82, 2.24) is 4.37 Å². The van der Waals surface area contributed by atoms with Gasteiger partial charge in [-0.05, 0) is 29.7 Å². The van der Waals surface area contributed by atoms with Crippen molar-refractivity contribution in [2.24, 2.45) is 0 Å².